The van der Waals surface area contributed by atoms with Gasteiger partial charge >= 0.3 is 11.0 Å². The van der Waals surface area contributed by atoms with Crippen LogP contribution in [-0.2, 0) is 6.18 Å². The Morgan fingerprint density at radius 2 is 2.04 bits per heavy atom. The van der Waals surface area contributed by atoms with Crippen molar-refractivity contribution >= 4 is 23.1 Å². The number of hydrogen-bond donors (Lipinski definition) is 1. The van der Waals surface area contributed by atoms with Gasteiger partial charge in [-0.3, -0.25) is 4.79 Å². The number of benzene rings is 1. The molecule has 3 heterocycles. The first-order valence-corrected chi connectivity index (χ1v) is 8.66. The average molecular weight is 405 g/mol. The predicted octanol–water partition coefficient (Wildman–Crippen LogP) is 3.13. The highest BCUT2D eigenvalue weighted by atomic mass is 32.1. The molecule has 0 fully saturated rings. The molecule has 0 atom stereocenters. The van der Waals surface area contributed by atoms with E-state index in [2.05, 4.69) is 10.2 Å². The standard InChI is InChI=1S/C18H10F3N3O3S/c19-18(20,21)10-2-1-3-11(8-10)24-16(25)15(28-17(24)26)9-12-4-5-14(27-12)13-6-7-22-23-13/h1-9,25H. The summed E-state index contributed by atoms with van der Waals surface area (Å²) in [5.41, 5.74) is 0.317. The maximum atomic E-state index is 12.9. The maximum absolute atomic E-state index is 12.9. The second-order valence-electron chi connectivity index (χ2n) is 5.70. The molecule has 0 unspecified atom stereocenters. The van der Waals surface area contributed by atoms with E-state index in [1.165, 1.54) is 24.4 Å². The topological polar surface area (TPSA) is 80.1 Å². The summed E-state index contributed by atoms with van der Waals surface area (Å²) in [6.07, 6.45) is 0.0243. The van der Waals surface area contributed by atoms with E-state index in [-0.39, 0.29) is 10.6 Å². The third-order valence-electron chi connectivity index (χ3n) is 3.86. The molecule has 0 radical (unpaired) electrons. The third-order valence-corrected chi connectivity index (χ3v) is 4.74. The molecule has 0 amide bonds. The molecule has 3 aromatic rings. The Kier molecular flexibility index (Phi) is 4.27. The molecule has 0 aliphatic carbocycles. The Labute approximate surface area is 158 Å². The van der Waals surface area contributed by atoms with Crippen LogP contribution >= 0.6 is 11.3 Å². The van der Waals surface area contributed by atoms with Gasteiger partial charge in [-0.25, -0.2) is 4.57 Å². The summed E-state index contributed by atoms with van der Waals surface area (Å²) in [6, 6.07) is 7.44. The number of rotatable bonds is 2. The van der Waals surface area contributed by atoms with Crippen LogP contribution in [-0.4, -0.2) is 9.67 Å². The summed E-state index contributed by atoms with van der Waals surface area (Å²) in [6.45, 7) is 0. The fraction of sp³-hybridized carbons (Fsp3) is 0.0556. The number of halogens is 3. The molecule has 1 N–H and O–H groups in total. The second-order valence-corrected chi connectivity index (χ2v) is 6.70. The van der Waals surface area contributed by atoms with Crippen molar-refractivity contribution < 1.29 is 22.7 Å². The fourth-order valence-electron chi connectivity index (χ4n) is 2.59. The molecule has 1 aliphatic heterocycles. The molecule has 0 saturated carbocycles. The lowest BCUT2D eigenvalue weighted by Crippen LogP contribution is -2.12. The van der Waals surface area contributed by atoms with Crippen LogP contribution in [0.2, 0.25) is 0 Å². The van der Waals surface area contributed by atoms with E-state index in [1.807, 2.05) is 0 Å². The van der Waals surface area contributed by atoms with Gasteiger partial charge in [-0.2, -0.15) is 18.3 Å². The molecule has 6 nitrogen and oxygen atoms in total. The number of aromatic nitrogens is 1. The van der Waals surface area contributed by atoms with E-state index in [4.69, 9.17) is 4.42 Å². The Hall–Kier alpha value is -3.40. The molecule has 1 aliphatic rings. The van der Waals surface area contributed by atoms with Crippen LogP contribution in [0.15, 0.2) is 68.1 Å². The van der Waals surface area contributed by atoms with Crippen LogP contribution in [0.3, 0.4) is 0 Å². The highest BCUT2D eigenvalue weighted by Gasteiger charge is 2.31. The van der Waals surface area contributed by atoms with Gasteiger partial charge in [-0.1, -0.05) is 17.4 Å². The van der Waals surface area contributed by atoms with E-state index >= 15 is 0 Å². The Bertz CT molecular complexity index is 1280. The van der Waals surface area contributed by atoms with Gasteiger partial charge < -0.3 is 9.52 Å². The molecular formula is C18H10F3N3O3S. The minimum atomic E-state index is -4.56. The molecule has 1 aromatic carbocycles. The predicted molar refractivity (Wildman–Crippen MR) is 95.5 cm³/mol. The first-order chi connectivity index (χ1) is 13.3. The highest BCUT2D eigenvalue weighted by molar-refractivity contribution is 7.10. The largest absolute Gasteiger partial charge is 0.493 e. The van der Waals surface area contributed by atoms with Gasteiger partial charge in [0.1, 0.15) is 11.1 Å². The first-order valence-electron chi connectivity index (χ1n) is 7.85. The van der Waals surface area contributed by atoms with Crippen molar-refractivity contribution in [1.82, 2.24) is 4.57 Å². The van der Waals surface area contributed by atoms with Crippen LogP contribution in [0.25, 0.3) is 17.5 Å². The molecule has 142 valence electrons. The van der Waals surface area contributed by atoms with Crippen LogP contribution < -0.4 is 15.7 Å². The van der Waals surface area contributed by atoms with Gasteiger partial charge in [0.25, 0.3) is 0 Å². The number of aromatic hydroxyl groups is 1. The zero-order valence-corrected chi connectivity index (χ0v) is 14.7. The lowest BCUT2D eigenvalue weighted by Gasteiger charge is -2.09. The van der Waals surface area contributed by atoms with Crippen molar-refractivity contribution in [2.24, 2.45) is 10.2 Å². The van der Waals surface area contributed by atoms with Crippen LogP contribution in [0.5, 0.6) is 5.88 Å². The van der Waals surface area contributed by atoms with Crippen molar-refractivity contribution in [3.63, 3.8) is 0 Å². The fourth-order valence-corrected chi connectivity index (χ4v) is 3.42. The molecule has 28 heavy (non-hydrogen) atoms. The summed E-state index contributed by atoms with van der Waals surface area (Å²) in [5.74, 6) is -0.472. The molecule has 0 spiro atoms. The van der Waals surface area contributed by atoms with E-state index < -0.39 is 22.5 Å². The van der Waals surface area contributed by atoms with Crippen molar-refractivity contribution in [3.05, 3.63) is 79.6 Å². The minimum Gasteiger partial charge on any atom is -0.493 e. The molecule has 0 bridgehead atoms. The summed E-state index contributed by atoms with van der Waals surface area (Å²) in [4.78, 5) is 11.8. The zero-order chi connectivity index (χ0) is 19.9. The summed E-state index contributed by atoms with van der Waals surface area (Å²) in [7, 11) is 0. The third kappa shape index (κ3) is 3.29. The monoisotopic (exact) mass is 405 g/mol. The summed E-state index contributed by atoms with van der Waals surface area (Å²) in [5, 5.41) is 18.0. The van der Waals surface area contributed by atoms with E-state index in [0.29, 0.717) is 27.9 Å². The average Bonchev–Trinajstić information content (AvgIpc) is 3.36. The lowest BCUT2D eigenvalue weighted by atomic mass is 10.2. The molecule has 0 saturated heterocycles. The van der Waals surface area contributed by atoms with E-state index in [9.17, 15) is 23.1 Å². The SMILES string of the molecule is O=c1sc(C=c2ccc(=C3C=CN=N3)o2)c(O)n1-c1cccc(C(F)(F)F)c1. The number of hydrogen-bond acceptors (Lipinski definition) is 6. The van der Waals surface area contributed by atoms with Crippen molar-refractivity contribution in [1.29, 1.82) is 0 Å². The zero-order valence-electron chi connectivity index (χ0n) is 13.8. The molecule has 10 heteroatoms. The normalized spacial score (nSPS) is 16.3. The van der Waals surface area contributed by atoms with Crippen molar-refractivity contribution in [2.45, 2.75) is 6.18 Å². The molecule has 2 aromatic heterocycles. The van der Waals surface area contributed by atoms with Gasteiger partial charge in [0, 0.05) is 6.08 Å². The number of furan rings is 1. The van der Waals surface area contributed by atoms with Crippen LogP contribution in [0, 0.1) is 0 Å². The second kappa shape index (κ2) is 6.64. The van der Waals surface area contributed by atoms with Crippen molar-refractivity contribution in [2.75, 3.05) is 0 Å². The van der Waals surface area contributed by atoms with Gasteiger partial charge in [0.2, 0.25) is 5.88 Å². The van der Waals surface area contributed by atoms with Gasteiger partial charge in [-0.05, 0) is 36.4 Å². The number of azo groups is 1. The van der Waals surface area contributed by atoms with Gasteiger partial charge in [-0.15, -0.1) is 5.11 Å². The maximum Gasteiger partial charge on any atom is 0.416 e. The number of alkyl halides is 3. The molecule has 4 rings (SSSR count). The molecular weight excluding hydrogens is 395 g/mol. The van der Waals surface area contributed by atoms with Crippen molar-refractivity contribution in [3.8, 4) is 11.6 Å². The van der Waals surface area contributed by atoms with E-state index in [1.54, 1.807) is 18.2 Å². The quantitative estimate of drug-likeness (QED) is 0.711. The smallest absolute Gasteiger partial charge is 0.416 e. The van der Waals surface area contributed by atoms with Crippen LogP contribution in [0.4, 0.5) is 13.2 Å². The Morgan fingerprint density at radius 1 is 1.21 bits per heavy atom. The number of thiazole rings is 1. The number of nitrogens with zero attached hydrogens (tertiary/aromatic N) is 3. The first kappa shape index (κ1) is 18.0. The summed E-state index contributed by atoms with van der Waals surface area (Å²) < 4.78 is 45.2. The van der Waals surface area contributed by atoms with Gasteiger partial charge in [0.15, 0.2) is 5.42 Å². The Balaban J connectivity index is 1.79. The van der Waals surface area contributed by atoms with Crippen LogP contribution in [0.1, 0.15) is 10.4 Å². The summed E-state index contributed by atoms with van der Waals surface area (Å²) >= 11 is 0.683. The minimum absolute atomic E-state index is 0.0829. The highest BCUT2D eigenvalue weighted by Crippen LogP contribution is 2.31. The van der Waals surface area contributed by atoms with Gasteiger partial charge in [0.05, 0.1) is 22.3 Å². The lowest BCUT2D eigenvalue weighted by molar-refractivity contribution is -0.137. The van der Waals surface area contributed by atoms with E-state index in [0.717, 1.165) is 16.7 Å². The Morgan fingerprint density at radius 3 is 2.75 bits per heavy atom.